The Morgan fingerprint density at radius 3 is 2.43 bits per heavy atom. The van der Waals surface area contributed by atoms with Gasteiger partial charge in [-0.2, -0.15) is 0 Å². The summed E-state index contributed by atoms with van der Waals surface area (Å²) in [5.74, 6) is 2.18. The molecule has 0 aliphatic carbocycles. The second kappa shape index (κ2) is 14.9. The van der Waals surface area contributed by atoms with Gasteiger partial charge in [0.2, 0.25) is 0 Å². The van der Waals surface area contributed by atoms with Crippen molar-refractivity contribution in [3.05, 3.63) is 41.2 Å². The van der Waals surface area contributed by atoms with E-state index in [4.69, 9.17) is 4.74 Å². The van der Waals surface area contributed by atoms with E-state index in [0.29, 0.717) is 6.10 Å². The van der Waals surface area contributed by atoms with E-state index in [1.807, 2.05) is 0 Å². The van der Waals surface area contributed by atoms with E-state index in [2.05, 4.69) is 79.0 Å². The maximum absolute atomic E-state index is 5.59. The van der Waals surface area contributed by atoms with E-state index in [-0.39, 0.29) is 0 Å². The van der Waals surface area contributed by atoms with Crippen LogP contribution in [0.4, 0.5) is 5.69 Å². The summed E-state index contributed by atoms with van der Waals surface area (Å²) in [6.07, 6.45) is 12.1. The Labute approximate surface area is 215 Å². The van der Waals surface area contributed by atoms with Crippen molar-refractivity contribution in [1.82, 2.24) is 14.7 Å². The summed E-state index contributed by atoms with van der Waals surface area (Å²) in [6, 6.07) is 6.59. The minimum absolute atomic E-state index is 0.505. The topological polar surface area (TPSA) is 31.0 Å². The Kier molecular flexibility index (Phi) is 11.9. The number of piperidine rings is 1. The van der Waals surface area contributed by atoms with Crippen molar-refractivity contribution in [1.29, 1.82) is 0 Å². The summed E-state index contributed by atoms with van der Waals surface area (Å²) >= 11 is 0. The molecule has 0 bridgehead atoms. The maximum atomic E-state index is 5.59. The van der Waals surface area contributed by atoms with Gasteiger partial charge in [-0.25, -0.2) is 0 Å². The number of nitrogens with zero attached hydrogens (tertiary/aromatic N) is 3. The molecule has 2 unspecified atom stereocenters. The largest absolute Gasteiger partial charge is 0.378 e. The zero-order valence-electron chi connectivity index (χ0n) is 23.3. The Bertz CT molecular complexity index is 766. The molecule has 3 aliphatic rings. The first kappa shape index (κ1) is 28.0. The van der Waals surface area contributed by atoms with Crippen molar-refractivity contribution < 1.29 is 4.74 Å². The number of anilines is 1. The lowest BCUT2D eigenvalue weighted by molar-refractivity contribution is -0.00148. The number of rotatable bonds is 7. The molecule has 3 heterocycles. The van der Waals surface area contributed by atoms with Crippen molar-refractivity contribution in [2.45, 2.75) is 78.7 Å². The van der Waals surface area contributed by atoms with Gasteiger partial charge in [0.05, 0.1) is 6.10 Å². The summed E-state index contributed by atoms with van der Waals surface area (Å²) in [5, 5.41) is 3.60. The number of hydrogen-bond donors (Lipinski definition) is 1. The first-order chi connectivity index (χ1) is 16.9. The molecular weight excluding hydrogens is 432 g/mol. The summed E-state index contributed by atoms with van der Waals surface area (Å²) in [7, 11) is 2.19. The molecule has 0 saturated carbocycles. The molecule has 1 aromatic carbocycles. The predicted molar refractivity (Wildman–Crippen MR) is 150 cm³/mol. The summed E-state index contributed by atoms with van der Waals surface area (Å²) in [4.78, 5) is 7.50. The van der Waals surface area contributed by atoms with Gasteiger partial charge < -0.3 is 24.8 Å². The lowest BCUT2D eigenvalue weighted by atomic mass is 9.92. The van der Waals surface area contributed by atoms with E-state index >= 15 is 0 Å². The number of likely N-dealkylation sites (tertiary alicyclic amines) is 1. The number of allylic oxidation sites excluding steroid dienone is 1. The zero-order chi connectivity index (χ0) is 25.0. The molecular formula is C30H52N4O. The third-order valence-electron chi connectivity index (χ3n) is 7.92. The number of aryl methyl sites for hydroxylation is 2. The fourth-order valence-corrected chi connectivity index (χ4v) is 5.37. The predicted octanol–water partition coefficient (Wildman–Crippen LogP) is 5.89. The van der Waals surface area contributed by atoms with E-state index in [9.17, 15) is 0 Å². The molecule has 2 atom stereocenters. The first-order valence-electron chi connectivity index (χ1n) is 14.3. The van der Waals surface area contributed by atoms with Crippen molar-refractivity contribution in [2.75, 3.05) is 64.8 Å². The Hall–Kier alpha value is -1.56. The van der Waals surface area contributed by atoms with Crippen LogP contribution in [0.25, 0.3) is 0 Å². The monoisotopic (exact) mass is 484 g/mol. The van der Waals surface area contributed by atoms with Crippen LogP contribution in [-0.4, -0.2) is 80.3 Å². The normalized spacial score (nSPS) is 24.6. The molecule has 3 fully saturated rings. The minimum Gasteiger partial charge on any atom is -0.378 e. The van der Waals surface area contributed by atoms with E-state index in [1.54, 1.807) is 0 Å². The van der Waals surface area contributed by atoms with Gasteiger partial charge in [0, 0.05) is 38.5 Å². The summed E-state index contributed by atoms with van der Waals surface area (Å²) in [5.41, 5.74) is 3.87. The van der Waals surface area contributed by atoms with Gasteiger partial charge in [0.1, 0.15) is 5.82 Å². The van der Waals surface area contributed by atoms with Crippen molar-refractivity contribution in [3.63, 3.8) is 0 Å². The van der Waals surface area contributed by atoms with Crippen LogP contribution in [0.5, 0.6) is 0 Å². The molecule has 3 aliphatic heterocycles. The molecule has 0 radical (unpaired) electrons. The molecule has 1 aromatic rings. The van der Waals surface area contributed by atoms with Crippen LogP contribution in [0.3, 0.4) is 0 Å². The number of likely N-dealkylation sites (N-methyl/N-ethyl adjacent to an activating group) is 1. The van der Waals surface area contributed by atoms with Gasteiger partial charge in [0.15, 0.2) is 0 Å². The van der Waals surface area contributed by atoms with Crippen molar-refractivity contribution in [2.24, 2.45) is 5.92 Å². The van der Waals surface area contributed by atoms with Crippen LogP contribution < -0.4 is 5.32 Å². The molecule has 198 valence electrons. The Balaban J connectivity index is 0.000000203. The quantitative estimate of drug-likeness (QED) is 0.521. The SMILES string of the molecule is CC1CC(CCN2CCCCC2)CCO1.CCC=C(Nc1ccc(C)c(C)c1)N1CCN(C)CC1. The number of ether oxygens (including phenoxy) is 1. The number of nitrogens with one attached hydrogen (secondary N) is 1. The van der Waals surface area contributed by atoms with Gasteiger partial charge >= 0.3 is 0 Å². The average molecular weight is 485 g/mol. The second-order valence-electron chi connectivity index (χ2n) is 11.0. The van der Waals surface area contributed by atoms with Gasteiger partial charge in [-0.1, -0.05) is 19.4 Å². The third-order valence-corrected chi connectivity index (χ3v) is 7.92. The molecule has 35 heavy (non-hydrogen) atoms. The minimum atomic E-state index is 0.505. The van der Waals surface area contributed by atoms with E-state index < -0.39 is 0 Å². The van der Waals surface area contributed by atoms with E-state index in [0.717, 1.165) is 45.1 Å². The highest BCUT2D eigenvalue weighted by molar-refractivity contribution is 5.51. The Morgan fingerprint density at radius 2 is 1.77 bits per heavy atom. The van der Waals surface area contributed by atoms with Crippen LogP contribution in [0.15, 0.2) is 30.1 Å². The van der Waals surface area contributed by atoms with Crippen molar-refractivity contribution in [3.8, 4) is 0 Å². The number of benzene rings is 1. The van der Waals surface area contributed by atoms with Gasteiger partial charge in [0.25, 0.3) is 0 Å². The first-order valence-corrected chi connectivity index (χ1v) is 14.3. The lowest BCUT2D eigenvalue weighted by Gasteiger charge is -2.36. The summed E-state index contributed by atoms with van der Waals surface area (Å²) in [6.45, 7) is 18.2. The molecule has 1 N–H and O–H groups in total. The molecule has 3 saturated heterocycles. The van der Waals surface area contributed by atoms with Gasteiger partial charge in [-0.05, 0) is 121 Å². The van der Waals surface area contributed by atoms with Crippen LogP contribution in [-0.2, 0) is 4.74 Å². The fraction of sp³-hybridized carbons (Fsp3) is 0.733. The third kappa shape index (κ3) is 9.78. The van der Waals surface area contributed by atoms with Crippen LogP contribution in [0.1, 0.15) is 69.9 Å². The molecule has 5 nitrogen and oxygen atoms in total. The van der Waals surface area contributed by atoms with Gasteiger partial charge in [-0.3, -0.25) is 0 Å². The fourth-order valence-electron chi connectivity index (χ4n) is 5.37. The average Bonchev–Trinajstić information content (AvgIpc) is 2.86. The maximum Gasteiger partial charge on any atom is 0.102 e. The zero-order valence-corrected chi connectivity index (χ0v) is 23.3. The van der Waals surface area contributed by atoms with Crippen molar-refractivity contribution >= 4 is 5.69 Å². The van der Waals surface area contributed by atoms with Gasteiger partial charge in [-0.15, -0.1) is 0 Å². The van der Waals surface area contributed by atoms with Crippen LogP contribution in [0.2, 0.25) is 0 Å². The standard InChI is InChI=1S/C17H27N3.C13H25NO/c1-5-6-17(20-11-9-19(4)10-12-20)18-16-8-7-14(2)15(3)13-16;1-12-11-13(6-10-15-12)5-9-14-7-3-2-4-8-14/h6-8,13,18H,5,9-12H2,1-4H3;12-13H,2-11H2,1H3. The highest BCUT2D eigenvalue weighted by atomic mass is 16.5. The molecule has 0 spiro atoms. The number of piperazine rings is 1. The van der Waals surface area contributed by atoms with Crippen LogP contribution in [0, 0.1) is 19.8 Å². The smallest absolute Gasteiger partial charge is 0.102 e. The molecule has 0 amide bonds. The number of hydrogen-bond acceptors (Lipinski definition) is 5. The lowest BCUT2D eigenvalue weighted by Crippen LogP contribution is -2.45. The molecule has 0 aromatic heterocycles. The van der Waals surface area contributed by atoms with Crippen LogP contribution >= 0.6 is 0 Å². The second-order valence-corrected chi connectivity index (χ2v) is 11.0. The van der Waals surface area contributed by atoms with E-state index in [1.165, 1.54) is 80.8 Å². The highest BCUT2D eigenvalue weighted by Gasteiger charge is 2.20. The Morgan fingerprint density at radius 1 is 1.03 bits per heavy atom. The molecule has 5 heteroatoms. The highest BCUT2D eigenvalue weighted by Crippen LogP contribution is 2.24. The summed E-state index contributed by atoms with van der Waals surface area (Å²) < 4.78 is 5.59. The molecule has 4 rings (SSSR count).